The maximum absolute atomic E-state index is 11.9. The zero-order valence-corrected chi connectivity index (χ0v) is 11.6. The first-order valence-electron chi connectivity index (χ1n) is 6.74. The molecule has 0 aliphatic rings. The molecule has 0 spiro atoms. The highest BCUT2D eigenvalue weighted by molar-refractivity contribution is 5.83. The van der Waals surface area contributed by atoms with E-state index in [1.807, 2.05) is 30.3 Å². The van der Waals surface area contributed by atoms with E-state index in [1.165, 1.54) is 0 Å². The molecule has 0 aliphatic carbocycles. The van der Waals surface area contributed by atoms with Crippen LogP contribution in [0.1, 0.15) is 6.42 Å². The quantitative estimate of drug-likeness (QED) is 0.724. The first-order valence-corrected chi connectivity index (χ1v) is 6.74. The van der Waals surface area contributed by atoms with E-state index in [4.69, 9.17) is 9.47 Å². The average Bonchev–Trinajstić information content (AvgIpc) is 2.46. The van der Waals surface area contributed by atoms with Gasteiger partial charge in [-0.1, -0.05) is 18.2 Å². The van der Waals surface area contributed by atoms with E-state index in [0.717, 1.165) is 24.2 Å². The standard InChI is InChI=1S/C15H20N2O3/c1-19-9-10-20-8-4-7-16-14-11-12-5-2-3-6-13(12)15(18)17-14/h2-3,5-6,11H,4,7-10H2,1H3,(H2,16,17,18). The van der Waals surface area contributed by atoms with Gasteiger partial charge in [0.05, 0.1) is 13.2 Å². The van der Waals surface area contributed by atoms with E-state index in [1.54, 1.807) is 7.11 Å². The molecule has 5 heteroatoms. The minimum absolute atomic E-state index is 0.0676. The summed E-state index contributed by atoms with van der Waals surface area (Å²) in [5.74, 6) is 0.741. The minimum atomic E-state index is -0.0676. The van der Waals surface area contributed by atoms with Crippen LogP contribution in [0.25, 0.3) is 10.8 Å². The fraction of sp³-hybridized carbons (Fsp3) is 0.400. The van der Waals surface area contributed by atoms with Crippen molar-refractivity contribution in [2.75, 3.05) is 38.8 Å². The summed E-state index contributed by atoms with van der Waals surface area (Å²) >= 11 is 0. The van der Waals surface area contributed by atoms with Crippen LogP contribution in [0.5, 0.6) is 0 Å². The van der Waals surface area contributed by atoms with Crippen LogP contribution in [0.2, 0.25) is 0 Å². The highest BCUT2D eigenvalue weighted by Crippen LogP contribution is 2.12. The monoisotopic (exact) mass is 276 g/mol. The predicted molar refractivity (Wildman–Crippen MR) is 80.4 cm³/mol. The van der Waals surface area contributed by atoms with Crippen LogP contribution < -0.4 is 10.9 Å². The number of anilines is 1. The molecule has 1 aromatic heterocycles. The lowest BCUT2D eigenvalue weighted by Crippen LogP contribution is -2.13. The highest BCUT2D eigenvalue weighted by atomic mass is 16.5. The van der Waals surface area contributed by atoms with Crippen molar-refractivity contribution in [3.8, 4) is 0 Å². The summed E-state index contributed by atoms with van der Waals surface area (Å²) < 4.78 is 10.3. The molecule has 20 heavy (non-hydrogen) atoms. The third-order valence-corrected chi connectivity index (χ3v) is 2.97. The van der Waals surface area contributed by atoms with Gasteiger partial charge in [0, 0.05) is 25.6 Å². The number of benzene rings is 1. The molecule has 0 saturated carbocycles. The molecule has 2 N–H and O–H groups in total. The first kappa shape index (κ1) is 14.6. The number of aromatic nitrogens is 1. The van der Waals surface area contributed by atoms with Gasteiger partial charge in [0.15, 0.2) is 0 Å². The third-order valence-electron chi connectivity index (χ3n) is 2.97. The molecule has 0 amide bonds. The topological polar surface area (TPSA) is 63.4 Å². The summed E-state index contributed by atoms with van der Waals surface area (Å²) in [5, 5.41) is 4.85. The Morgan fingerprint density at radius 2 is 2.05 bits per heavy atom. The van der Waals surface area contributed by atoms with Crippen LogP contribution in [0, 0.1) is 0 Å². The maximum Gasteiger partial charge on any atom is 0.257 e. The second-order valence-corrected chi connectivity index (χ2v) is 4.48. The van der Waals surface area contributed by atoms with Crippen LogP contribution in [-0.4, -0.2) is 38.5 Å². The van der Waals surface area contributed by atoms with Gasteiger partial charge < -0.3 is 19.8 Å². The summed E-state index contributed by atoms with van der Waals surface area (Å²) in [7, 11) is 1.65. The first-order chi connectivity index (χ1) is 9.81. The predicted octanol–water partition coefficient (Wildman–Crippen LogP) is 1.99. The summed E-state index contributed by atoms with van der Waals surface area (Å²) in [6, 6.07) is 9.49. The van der Waals surface area contributed by atoms with Crippen LogP contribution in [-0.2, 0) is 9.47 Å². The fourth-order valence-electron chi connectivity index (χ4n) is 1.95. The number of hydrogen-bond donors (Lipinski definition) is 2. The molecule has 1 heterocycles. The van der Waals surface area contributed by atoms with Gasteiger partial charge in [0.2, 0.25) is 0 Å². The maximum atomic E-state index is 11.9. The molecular weight excluding hydrogens is 256 g/mol. The number of methoxy groups -OCH3 is 1. The Balaban J connectivity index is 1.83. The number of nitrogens with one attached hydrogen (secondary N) is 2. The molecule has 108 valence electrons. The Morgan fingerprint density at radius 1 is 1.20 bits per heavy atom. The number of pyridine rings is 1. The minimum Gasteiger partial charge on any atom is -0.382 e. The number of fused-ring (bicyclic) bond motifs is 1. The molecule has 0 radical (unpaired) electrons. The third kappa shape index (κ3) is 4.08. The second-order valence-electron chi connectivity index (χ2n) is 4.48. The smallest absolute Gasteiger partial charge is 0.257 e. The van der Waals surface area contributed by atoms with Crippen molar-refractivity contribution < 1.29 is 9.47 Å². The number of H-pyrrole nitrogens is 1. The molecule has 0 saturated heterocycles. The second kappa shape index (κ2) is 7.67. The average molecular weight is 276 g/mol. The number of hydrogen-bond acceptors (Lipinski definition) is 4. The van der Waals surface area contributed by atoms with Gasteiger partial charge in [0.1, 0.15) is 5.82 Å². The van der Waals surface area contributed by atoms with Crippen molar-refractivity contribution in [2.45, 2.75) is 6.42 Å². The molecule has 0 unspecified atom stereocenters. The lowest BCUT2D eigenvalue weighted by molar-refractivity contribution is 0.0705. The van der Waals surface area contributed by atoms with Gasteiger partial charge in [-0.15, -0.1) is 0 Å². The van der Waals surface area contributed by atoms with E-state index >= 15 is 0 Å². The fourth-order valence-corrected chi connectivity index (χ4v) is 1.95. The van der Waals surface area contributed by atoms with Crippen LogP contribution in [0.4, 0.5) is 5.82 Å². The van der Waals surface area contributed by atoms with Crippen molar-refractivity contribution in [1.29, 1.82) is 0 Å². The Bertz CT molecular complexity index is 595. The number of aromatic amines is 1. The molecule has 0 bridgehead atoms. The Labute approximate surface area is 117 Å². The van der Waals surface area contributed by atoms with E-state index in [-0.39, 0.29) is 5.56 Å². The molecular formula is C15H20N2O3. The van der Waals surface area contributed by atoms with Gasteiger partial charge >= 0.3 is 0 Å². The van der Waals surface area contributed by atoms with E-state index < -0.39 is 0 Å². The van der Waals surface area contributed by atoms with Gasteiger partial charge in [-0.25, -0.2) is 0 Å². The van der Waals surface area contributed by atoms with Gasteiger partial charge in [-0.2, -0.15) is 0 Å². The number of rotatable bonds is 8. The van der Waals surface area contributed by atoms with Crippen LogP contribution >= 0.6 is 0 Å². The zero-order valence-electron chi connectivity index (χ0n) is 11.6. The molecule has 5 nitrogen and oxygen atoms in total. The van der Waals surface area contributed by atoms with Crippen molar-refractivity contribution in [2.24, 2.45) is 0 Å². The molecule has 0 atom stereocenters. The van der Waals surface area contributed by atoms with Crippen molar-refractivity contribution in [3.05, 3.63) is 40.7 Å². The Morgan fingerprint density at radius 3 is 2.90 bits per heavy atom. The van der Waals surface area contributed by atoms with Crippen LogP contribution in [0.3, 0.4) is 0 Å². The number of ether oxygens (including phenoxy) is 2. The van der Waals surface area contributed by atoms with Crippen molar-refractivity contribution >= 4 is 16.6 Å². The highest BCUT2D eigenvalue weighted by Gasteiger charge is 2.00. The summed E-state index contributed by atoms with van der Waals surface area (Å²) in [4.78, 5) is 14.7. The molecule has 0 aliphatic heterocycles. The van der Waals surface area contributed by atoms with Crippen molar-refractivity contribution in [1.82, 2.24) is 4.98 Å². The summed E-state index contributed by atoms with van der Waals surface area (Å²) in [5.41, 5.74) is -0.0676. The van der Waals surface area contributed by atoms with Gasteiger partial charge in [-0.05, 0) is 23.9 Å². The van der Waals surface area contributed by atoms with E-state index in [0.29, 0.717) is 25.2 Å². The molecule has 1 aromatic carbocycles. The SMILES string of the molecule is COCCOCCCNc1cc2ccccc2c(=O)[nH]1. The normalized spacial score (nSPS) is 10.8. The van der Waals surface area contributed by atoms with Gasteiger partial charge in [0.25, 0.3) is 5.56 Å². The lowest BCUT2D eigenvalue weighted by Gasteiger charge is -2.08. The molecule has 2 rings (SSSR count). The summed E-state index contributed by atoms with van der Waals surface area (Å²) in [6.07, 6.45) is 0.874. The lowest BCUT2D eigenvalue weighted by atomic mass is 10.2. The van der Waals surface area contributed by atoms with Crippen LogP contribution in [0.15, 0.2) is 35.1 Å². The van der Waals surface area contributed by atoms with E-state index in [9.17, 15) is 4.79 Å². The van der Waals surface area contributed by atoms with Gasteiger partial charge in [-0.3, -0.25) is 4.79 Å². The van der Waals surface area contributed by atoms with Crippen molar-refractivity contribution in [3.63, 3.8) is 0 Å². The van der Waals surface area contributed by atoms with E-state index in [2.05, 4.69) is 10.3 Å². The Kier molecular flexibility index (Phi) is 5.58. The molecule has 0 fully saturated rings. The Hall–Kier alpha value is -1.85. The molecule has 2 aromatic rings. The largest absolute Gasteiger partial charge is 0.382 e. The zero-order chi connectivity index (χ0) is 14.2. The summed E-state index contributed by atoms with van der Waals surface area (Å²) in [6.45, 7) is 2.66.